The molecule has 1 aromatic heterocycles. The number of β-amino-alcohol motifs (C(OH)–C–C–N with tert-alkyl or cyclic N) is 2. The SMILES string of the molecule is CC1=CC2N=C3C(=O)NC(=O)N=C3N(CC(O)C(O)C(O)C(O)COP(=O)(O)CP(=O)(O)OC[C@H]3O[C@@H]([N+]4=Cc5c(N)ncnc5C4)C(O)[C@H]3O)C2C=C1C.CC1=CC2N=C3C(=O)NC(=O)N=C3N(CC(O)C(O)C(O)CO)C2C=C1C. The Morgan fingerprint density at radius 3 is 1.71 bits per heavy atom. The van der Waals surface area contributed by atoms with E-state index >= 15 is 0 Å². The molecular formula is C47H63N12O21P2+. The van der Waals surface area contributed by atoms with Gasteiger partial charge in [0.1, 0.15) is 78.3 Å². The Balaban J connectivity index is 0.000000272. The molecule has 0 bridgehead atoms. The zero-order chi connectivity index (χ0) is 60.0. The number of urea groups is 2. The highest BCUT2D eigenvalue weighted by Gasteiger charge is 2.52. The number of nitrogens with one attached hydrogen (secondary N) is 2. The summed E-state index contributed by atoms with van der Waals surface area (Å²) in [5.74, 6) is -3.02. The fraction of sp³-hybridized carbons (Fsp3) is 0.553. The van der Waals surface area contributed by atoms with E-state index in [4.69, 9.17) is 24.6 Å². The number of aliphatic imine (C=N–C) groups is 4. The number of aliphatic hydroxyl groups excluding tert-OH is 10. The van der Waals surface area contributed by atoms with Gasteiger partial charge in [-0.15, -0.1) is 0 Å². The van der Waals surface area contributed by atoms with Gasteiger partial charge < -0.3 is 90.2 Å². The van der Waals surface area contributed by atoms with E-state index in [1.165, 1.54) is 26.9 Å². The molecule has 1 saturated heterocycles. The summed E-state index contributed by atoms with van der Waals surface area (Å²) in [5, 5.41) is 107. The summed E-state index contributed by atoms with van der Waals surface area (Å²) in [6.07, 6.45) is -8.50. The van der Waals surface area contributed by atoms with Crippen molar-refractivity contribution in [1.29, 1.82) is 0 Å². The second-order valence-electron chi connectivity index (χ2n) is 20.4. The van der Waals surface area contributed by atoms with Crippen molar-refractivity contribution < 1.29 is 108 Å². The van der Waals surface area contributed by atoms with Gasteiger partial charge in [0.15, 0.2) is 47.9 Å². The number of hydrogen-bond acceptors (Lipinski definition) is 26. The Hall–Kier alpha value is -6.07. The van der Waals surface area contributed by atoms with Crippen LogP contribution in [0.25, 0.3) is 0 Å². The molecule has 82 heavy (non-hydrogen) atoms. The lowest BCUT2D eigenvalue weighted by Crippen LogP contribution is -2.62. The topological polar surface area (TPSA) is 508 Å². The monoisotopic (exact) mass is 1190 g/mol. The predicted octanol–water partition coefficient (Wildman–Crippen LogP) is -5.59. The third-order valence-electron chi connectivity index (χ3n) is 14.6. The van der Waals surface area contributed by atoms with Crippen LogP contribution in [0, 0.1) is 0 Å². The van der Waals surface area contributed by atoms with E-state index in [9.17, 15) is 84.1 Å². The van der Waals surface area contributed by atoms with E-state index in [1.807, 2.05) is 45.2 Å². The van der Waals surface area contributed by atoms with E-state index in [-0.39, 0.29) is 42.0 Å². The maximum absolute atomic E-state index is 12.8. The van der Waals surface area contributed by atoms with E-state index in [1.54, 1.807) is 12.2 Å². The Morgan fingerprint density at radius 2 is 1.20 bits per heavy atom. The maximum atomic E-state index is 12.8. The second kappa shape index (κ2) is 24.6. The summed E-state index contributed by atoms with van der Waals surface area (Å²) >= 11 is 0. The van der Waals surface area contributed by atoms with Gasteiger partial charge in [0, 0.05) is 13.1 Å². The number of aromatic nitrogens is 2. The van der Waals surface area contributed by atoms with Crippen molar-refractivity contribution in [2.75, 3.05) is 44.5 Å². The Labute approximate surface area is 465 Å². The minimum Gasteiger partial charge on any atom is -0.394 e. The fourth-order valence-corrected chi connectivity index (χ4v) is 13.1. The van der Waals surface area contributed by atoms with Crippen LogP contribution < -0.4 is 16.4 Å². The second-order valence-corrected chi connectivity index (χ2v) is 24.6. The first-order valence-electron chi connectivity index (χ1n) is 25.3. The Morgan fingerprint density at radius 1 is 0.707 bits per heavy atom. The zero-order valence-electron chi connectivity index (χ0n) is 44.1. The molecule has 6 aliphatic heterocycles. The van der Waals surface area contributed by atoms with E-state index in [0.717, 1.165) is 22.3 Å². The number of rotatable bonds is 19. The minimum absolute atomic E-state index is 0.00624. The average Bonchev–Trinajstić information content (AvgIpc) is 3.96. The van der Waals surface area contributed by atoms with Crippen molar-refractivity contribution >= 4 is 74.2 Å². The quantitative estimate of drug-likeness (QED) is 0.0454. The van der Waals surface area contributed by atoms with Gasteiger partial charge in [-0.1, -0.05) is 46.6 Å². The number of nitrogens with zero attached hydrogens (tertiary/aromatic N) is 9. The van der Waals surface area contributed by atoms with Gasteiger partial charge in [-0.25, -0.2) is 19.6 Å². The molecular weight excluding hydrogens is 1130 g/mol. The highest BCUT2D eigenvalue weighted by Crippen LogP contribution is 2.58. The number of imide groups is 2. The number of anilines is 1. The number of nitrogen functional groups attached to an aromatic ring is 1. The van der Waals surface area contributed by atoms with Crippen LogP contribution in [-0.2, 0) is 39.0 Å². The van der Waals surface area contributed by atoms with Gasteiger partial charge in [-0.2, -0.15) is 14.6 Å². The molecule has 1 aromatic rings. The van der Waals surface area contributed by atoms with Crippen molar-refractivity contribution in [2.45, 2.75) is 126 Å². The molecule has 6 amide bonds. The summed E-state index contributed by atoms with van der Waals surface area (Å²) in [7, 11) is -10.0. The number of hydrogen-bond donors (Lipinski definition) is 15. The highest BCUT2D eigenvalue weighted by molar-refractivity contribution is 7.70. The van der Waals surface area contributed by atoms with Crippen molar-refractivity contribution in [3.8, 4) is 0 Å². The van der Waals surface area contributed by atoms with Crippen molar-refractivity contribution in [1.82, 2.24) is 30.4 Å². The number of aliphatic hydroxyl groups is 10. The number of carbonyl (C=O) groups excluding carboxylic acids is 4. The summed E-state index contributed by atoms with van der Waals surface area (Å²) in [6, 6.07) is -4.00. The molecule has 0 saturated carbocycles. The Bertz CT molecular complexity index is 3150. The number of amides is 6. The van der Waals surface area contributed by atoms with E-state index < -0.39 is 163 Å². The highest BCUT2D eigenvalue weighted by atomic mass is 31.2. The van der Waals surface area contributed by atoms with Crippen LogP contribution in [0.1, 0.15) is 39.0 Å². The molecule has 9 rings (SSSR count). The number of carbonyl (C=O) groups is 4. The molecule has 16 N–H and O–H groups in total. The number of ether oxygens (including phenoxy) is 1. The number of allylic oxidation sites excluding steroid dienone is 4. The first-order chi connectivity index (χ1) is 38.5. The summed E-state index contributed by atoms with van der Waals surface area (Å²) in [6.45, 7) is 4.15. The van der Waals surface area contributed by atoms with Crippen LogP contribution in [0.3, 0.4) is 0 Å². The minimum atomic E-state index is -5.07. The van der Waals surface area contributed by atoms with Gasteiger partial charge in [-0.3, -0.25) is 39.3 Å². The van der Waals surface area contributed by atoms with Gasteiger partial charge in [-0.05, 0) is 27.7 Å². The lowest BCUT2D eigenvalue weighted by atomic mass is 9.89. The molecule has 7 heterocycles. The third kappa shape index (κ3) is 13.3. The first-order valence-corrected chi connectivity index (χ1v) is 28.8. The van der Waals surface area contributed by atoms with Crippen molar-refractivity contribution in [2.24, 2.45) is 20.0 Å². The molecule has 0 spiro atoms. The molecule has 35 heteroatoms. The number of fused-ring (bicyclic) bond motifs is 5. The smallest absolute Gasteiger partial charge is 0.349 e. The summed E-state index contributed by atoms with van der Waals surface area (Å²) in [5.41, 5.74) is 10.3. The summed E-state index contributed by atoms with van der Waals surface area (Å²) in [4.78, 5) is 96.5. The zero-order valence-corrected chi connectivity index (χ0v) is 45.9. The van der Waals surface area contributed by atoms with Gasteiger partial charge >= 0.3 is 27.3 Å². The standard InChI is InChI=1S/C30H40N8O15P2.C17H22N4O6/c1-12-3-15-17(4-13(12)2)38(27-21(34-15)28(45)36-30(46)35-27)7-18(39)22(41)23(42)19(40)8-51-54(47,48)11-55(49,50)52-9-20-24(43)25(44)29(53-20)37-5-14-16(6-37)32-10-33-26(14)31;1-7-3-9-10(4-8(7)2)21(5-11(23)14(25)12(24)6-22)15-13(18-9)16(26)20-17(27)19-15/h3-5,10,15,17-20,22-25,29,31,39-44H,6-9,11H2,1-2H3,(H3,36,45,46,47,48,49,50);3-4,9-12,14,22-25H,5-6H2,1-2H3,(H,20,26,27)/p+1/t15?,17?,18?,19?,20-,22?,23?,24+,25?,29-;/m1./s1. The van der Waals surface area contributed by atoms with Gasteiger partial charge in [0.25, 0.3) is 18.0 Å². The number of nitrogens with two attached hydrogens (primary N) is 1. The molecule has 14 unspecified atom stereocenters. The molecule has 0 radical (unpaired) electrons. The summed E-state index contributed by atoms with van der Waals surface area (Å²) < 4.78 is 42.3. The van der Waals surface area contributed by atoms with Crippen LogP contribution in [0.2, 0.25) is 0 Å². The lowest BCUT2D eigenvalue weighted by molar-refractivity contribution is -0.624. The average molecular weight is 1190 g/mol. The van der Waals surface area contributed by atoms with Crippen molar-refractivity contribution in [3.05, 3.63) is 64.2 Å². The van der Waals surface area contributed by atoms with Gasteiger partial charge in [0.2, 0.25) is 0 Å². The molecule has 17 atom stereocenters. The Kier molecular flexibility index (Phi) is 18.6. The molecule has 33 nitrogen and oxygen atoms in total. The van der Waals surface area contributed by atoms with Gasteiger partial charge in [0.05, 0.1) is 44.0 Å². The molecule has 0 aromatic carbocycles. The van der Waals surface area contributed by atoms with Crippen LogP contribution >= 0.6 is 15.2 Å². The van der Waals surface area contributed by atoms with Crippen LogP contribution in [0.15, 0.2) is 72.9 Å². The molecule has 1 fully saturated rings. The van der Waals surface area contributed by atoms with E-state index in [0.29, 0.717) is 11.3 Å². The largest absolute Gasteiger partial charge is 0.394 e. The molecule has 8 aliphatic rings. The fourth-order valence-electron chi connectivity index (χ4n) is 9.85. The van der Waals surface area contributed by atoms with Crippen LogP contribution in [0.4, 0.5) is 15.4 Å². The molecule has 2 aliphatic carbocycles. The van der Waals surface area contributed by atoms with Crippen LogP contribution in [0.5, 0.6) is 0 Å². The number of amidine groups is 2. The molecule has 446 valence electrons. The normalized spacial score (nSPS) is 29.7. The van der Waals surface area contributed by atoms with E-state index in [2.05, 4.69) is 35.3 Å². The van der Waals surface area contributed by atoms with Crippen molar-refractivity contribution in [3.63, 3.8) is 0 Å². The lowest BCUT2D eigenvalue weighted by Gasteiger charge is -2.43. The predicted molar refractivity (Wildman–Crippen MR) is 282 cm³/mol. The maximum Gasteiger partial charge on any atom is 0.349 e. The van der Waals surface area contributed by atoms with Crippen LogP contribution in [-0.4, -0.2) is 269 Å². The first kappa shape index (κ1) is 62.0. The third-order valence-corrected chi connectivity index (χ3v) is 18.5.